The molecule has 11 heteroatoms. The lowest BCUT2D eigenvalue weighted by atomic mass is 10.1. The fourth-order valence-corrected chi connectivity index (χ4v) is 4.44. The lowest BCUT2D eigenvalue weighted by Crippen LogP contribution is -2.34. The van der Waals surface area contributed by atoms with Gasteiger partial charge in [0.05, 0.1) is 23.3 Å². The number of fused-ring (bicyclic) bond motifs is 1. The summed E-state index contributed by atoms with van der Waals surface area (Å²) in [6.45, 7) is 1.52. The fraction of sp³-hybridized carbons (Fsp3) is 0.200. The van der Waals surface area contributed by atoms with Crippen LogP contribution in [0.25, 0.3) is 16.6 Å². The maximum Gasteiger partial charge on any atom is 0.333 e. The number of aryl methyl sites for hydroxylation is 1. The van der Waals surface area contributed by atoms with E-state index in [0.717, 1.165) is 0 Å². The number of carbonyl (C=O) groups excluding carboxylic acids is 1. The van der Waals surface area contributed by atoms with Crippen molar-refractivity contribution in [2.24, 2.45) is 7.05 Å². The molecule has 0 aliphatic heterocycles. The summed E-state index contributed by atoms with van der Waals surface area (Å²) in [5.41, 5.74) is -0.587. The Labute approximate surface area is 218 Å². The van der Waals surface area contributed by atoms with E-state index in [4.69, 9.17) is 0 Å². The Kier molecular flexibility index (Phi) is 6.85. The van der Waals surface area contributed by atoms with Crippen molar-refractivity contribution in [2.45, 2.75) is 13.3 Å². The minimum Gasteiger partial charge on any atom is -0.349 e. The third-order valence-electron chi connectivity index (χ3n) is 5.87. The standard InChI is InChI=1S/C25H23FIN5O4/c1-13-21-20(22(31(4)24(13)35)28-18-9-8-15(27)12-17(18)26)23(34)29-25(36)32(21)16-7-5-6-14(10-16)11-19(33)30(2)3/h5-10,12,28H,11H2,1-4H3,(H,29,34,36). The number of anilines is 2. The van der Waals surface area contributed by atoms with Crippen molar-refractivity contribution < 1.29 is 9.18 Å². The highest BCUT2D eigenvalue weighted by Crippen LogP contribution is 2.27. The van der Waals surface area contributed by atoms with E-state index in [9.17, 15) is 23.6 Å². The van der Waals surface area contributed by atoms with Crippen molar-refractivity contribution in [1.82, 2.24) is 19.0 Å². The second kappa shape index (κ2) is 9.72. The van der Waals surface area contributed by atoms with E-state index >= 15 is 0 Å². The fourth-order valence-electron chi connectivity index (χ4n) is 3.98. The summed E-state index contributed by atoms with van der Waals surface area (Å²) >= 11 is 1.98. The molecule has 0 aliphatic carbocycles. The number of H-pyrrole nitrogens is 1. The predicted molar refractivity (Wildman–Crippen MR) is 145 cm³/mol. The summed E-state index contributed by atoms with van der Waals surface area (Å²) < 4.78 is 17.8. The third-order valence-corrected chi connectivity index (χ3v) is 6.54. The van der Waals surface area contributed by atoms with E-state index in [2.05, 4.69) is 10.3 Å². The summed E-state index contributed by atoms with van der Waals surface area (Å²) in [6.07, 6.45) is 0.108. The van der Waals surface area contributed by atoms with Gasteiger partial charge in [-0.3, -0.25) is 28.5 Å². The molecule has 186 valence electrons. The van der Waals surface area contributed by atoms with Gasteiger partial charge in [0.15, 0.2) is 0 Å². The Hall–Kier alpha value is -3.74. The Balaban J connectivity index is 2.02. The number of likely N-dealkylation sites (N-methyl/N-ethyl adjacent to an activating group) is 1. The van der Waals surface area contributed by atoms with Gasteiger partial charge in [-0.15, -0.1) is 0 Å². The number of amides is 1. The molecular formula is C25H23FIN5O4. The van der Waals surface area contributed by atoms with Crippen LogP contribution in [-0.4, -0.2) is 39.0 Å². The summed E-state index contributed by atoms with van der Waals surface area (Å²) in [6, 6.07) is 11.2. The molecule has 36 heavy (non-hydrogen) atoms. The number of rotatable bonds is 5. The van der Waals surface area contributed by atoms with E-state index in [1.165, 1.54) is 40.1 Å². The van der Waals surface area contributed by atoms with Crippen LogP contribution in [0.3, 0.4) is 0 Å². The van der Waals surface area contributed by atoms with Gasteiger partial charge in [0.2, 0.25) is 5.91 Å². The van der Waals surface area contributed by atoms with Gasteiger partial charge in [0.25, 0.3) is 11.1 Å². The molecule has 0 aliphatic rings. The average molecular weight is 603 g/mol. The smallest absolute Gasteiger partial charge is 0.333 e. The molecule has 0 unspecified atom stereocenters. The first kappa shape index (κ1) is 25.4. The van der Waals surface area contributed by atoms with Gasteiger partial charge in [-0.25, -0.2) is 9.18 Å². The summed E-state index contributed by atoms with van der Waals surface area (Å²) in [5.74, 6) is -0.650. The highest BCUT2D eigenvalue weighted by molar-refractivity contribution is 14.1. The topological polar surface area (TPSA) is 109 Å². The number of nitrogens with one attached hydrogen (secondary N) is 2. The van der Waals surface area contributed by atoms with Gasteiger partial charge in [-0.1, -0.05) is 12.1 Å². The number of aromatic amines is 1. The van der Waals surface area contributed by atoms with Crippen molar-refractivity contribution >= 4 is 50.9 Å². The Morgan fingerprint density at radius 3 is 2.53 bits per heavy atom. The molecule has 9 nitrogen and oxygen atoms in total. The molecular weight excluding hydrogens is 580 g/mol. The molecule has 0 spiro atoms. The number of benzene rings is 2. The molecule has 0 atom stereocenters. The van der Waals surface area contributed by atoms with Crippen molar-refractivity contribution in [2.75, 3.05) is 19.4 Å². The largest absolute Gasteiger partial charge is 0.349 e. The van der Waals surface area contributed by atoms with Gasteiger partial charge in [-0.05, 0) is 65.4 Å². The number of nitrogens with zero attached hydrogens (tertiary/aromatic N) is 3. The van der Waals surface area contributed by atoms with Crippen molar-refractivity contribution in [1.29, 1.82) is 0 Å². The van der Waals surface area contributed by atoms with Crippen molar-refractivity contribution in [3.8, 4) is 5.69 Å². The van der Waals surface area contributed by atoms with E-state index in [0.29, 0.717) is 14.8 Å². The van der Waals surface area contributed by atoms with Crippen LogP contribution in [0.15, 0.2) is 56.8 Å². The lowest BCUT2D eigenvalue weighted by molar-refractivity contribution is -0.127. The van der Waals surface area contributed by atoms with Gasteiger partial charge >= 0.3 is 5.69 Å². The molecule has 2 heterocycles. The average Bonchev–Trinajstić information content (AvgIpc) is 2.81. The molecule has 0 saturated carbocycles. The molecule has 2 aromatic heterocycles. The SMILES string of the molecule is Cc1c(=O)n(C)c(Nc2ccc(I)cc2F)c2c(=O)[nH]c(=O)n(-c3cccc(CC(=O)N(C)C)c3)c12. The lowest BCUT2D eigenvalue weighted by Gasteiger charge is -2.19. The Morgan fingerprint density at radius 2 is 1.86 bits per heavy atom. The quantitative estimate of drug-likeness (QED) is 0.341. The van der Waals surface area contributed by atoms with Crippen LogP contribution >= 0.6 is 22.6 Å². The molecule has 2 aromatic carbocycles. The van der Waals surface area contributed by atoms with Crippen LogP contribution in [0.2, 0.25) is 0 Å². The first-order valence-corrected chi connectivity index (χ1v) is 12.0. The number of hydrogen-bond donors (Lipinski definition) is 2. The maximum absolute atomic E-state index is 14.6. The van der Waals surface area contributed by atoms with E-state index in [1.807, 2.05) is 22.6 Å². The van der Waals surface area contributed by atoms with Gasteiger partial charge < -0.3 is 10.2 Å². The molecule has 4 aromatic rings. The van der Waals surface area contributed by atoms with E-state index in [1.54, 1.807) is 44.4 Å². The highest BCUT2D eigenvalue weighted by Gasteiger charge is 2.21. The van der Waals surface area contributed by atoms with E-state index < -0.39 is 22.6 Å². The first-order chi connectivity index (χ1) is 17.0. The van der Waals surface area contributed by atoms with Crippen molar-refractivity contribution in [3.05, 3.63) is 94.2 Å². The Bertz CT molecular complexity index is 1700. The molecule has 0 saturated heterocycles. The number of halogens is 2. The van der Waals surface area contributed by atoms with Crippen LogP contribution in [0.5, 0.6) is 0 Å². The predicted octanol–water partition coefficient (Wildman–Crippen LogP) is 2.80. The summed E-state index contributed by atoms with van der Waals surface area (Å²) in [7, 11) is 4.76. The van der Waals surface area contributed by atoms with Gasteiger partial charge in [-0.2, -0.15) is 0 Å². The number of hydrogen-bond acceptors (Lipinski definition) is 5. The first-order valence-electron chi connectivity index (χ1n) is 10.9. The Morgan fingerprint density at radius 1 is 1.14 bits per heavy atom. The van der Waals surface area contributed by atoms with Gasteiger partial charge in [0.1, 0.15) is 17.0 Å². The minimum absolute atomic E-state index is 0.0157. The van der Waals surface area contributed by atoms with Gasteiger partial charge in [0, 0.05) is 30.3 Å². The molecule has 1 amide bonds. The molecule has 4 rings (SSSR count). The highest BCUT2D eigenvalue weighted by atomic mass is 127. The number of carbonyl (C=O) groups is 1. The molecule has 0 fully saturated rings. The second-order valence-corrected chi connectivity index (χ2v) is 9.79. The van der Waals surface area contributed by atoms with Crippen LogP contribution < -0.4 is 22.1 Å². The second-order valence-electron chi connectivity index (χ2n) is 8.54. The zero-order chi connectivity index (χ0) is 26.3. The summed E-state index contributed by atoms with van der Waals surface area (Å²) in [4.78, 5) is 55.3. The molecule has 2 N–H and O–H groups in total. The van der Waals surface area contributed by atoms with Crippen LogP contribution in [-0.2, 0) is 18.3 Å². The maximum atomic E-state index is 14.6. The normalized spacial score (nSPS) is 11.1. The third kappa shape index (κ3) is 4.57. The number of aromatic nitrogens is 3. The van der Waals surface area contributed by atoms with Crippen molar-refractivity contribution in [3.63, 3.8) is 0 Å². The molecule has 0 bridgehead atoms. The van der Waals surface area contributed by atoms with E-state index in [-0.39, 0.29) is 40.3 Å². The zero-order valence-electron chi connectivity index (χ0n) is 20.0. The van der Waals surface area contributed by atoms with Crippen LogP contribution in [0.4, 0.5) is 15.9 Å². The zero-order valence-corrected chi connectivity index (χ0v) is 22.1. The van der Waals surface area contributed by atoms with Crippen LogP contribution in [0.1, 0.15) is 11.1 Å². The monoisotopic (exact) mass is 603 g/mol. The molecule has 0 radical (unpaired) electrons. The summed E-state index contributed by atoms with van der Waals surface area (Å²) in [5, 5.41) is 2.88. The minimum atomic E-state index is -0.744. The number of pyridine rings is 1. The van der Waals surface area contributed by atoms with Crippen LogP contribution in [0, 0.1) is 16.3 Å².